The summed E-state index contributed by atoms with van der Waals surface area (Å²) in [5, 5.41) is 3.27. The minimum atomic E-state index is -0.859. The summed E-state index contributed by atoms with van der Waals surface area (Å²) in [4.78, 5) is 39.5. The van der Waals surface area contributed by atoms with E-state index in [-0.39, 0.29) is 35.5 Å². The van der Waals surface area contributed by atoms with Gasteiger partial charge < -0.3 is 5.32 Å². The minimum Gasteiger partial charge on any atom is -0.324 e. The number of nitrogens with one attached hydrogen (secondary N) is 1. The van der Waals surface area contributed by atoms with Gasteiger partial charge in [-0.3, -0.25) is 19.3 Å². The van der Waals surface area contributed by atoms with Gasteiger partial charge in [-0.25, -0.2) is 0 Å². The summed E-state index contributed by atoms with van der Waals surface area (Å²) in [5.74, 6) is -1.15. The lowest BCUT2D eigenvalue weighted by Gasteiger charge is -2.24. The van der Waals surface area contributed by atoms with Crippen molar-refractivity contribution in [3.05, 3.63) is 39.3 Å². The zero-order chi connectivity index (χ0) is 18.7. The topological polar surface area (TPSA) is 66.5 Å². The maximum absolute atomic E-state index is 12.8. The van der Waals surface area contributed by atoms with Gasteiger partial charge >= 0.3 is 0 Å². The molecule has 136 valence electrons. The number of halogens is 2. The SMILES string of the molecule is Cc1cc(Br)c(Cl)cc1NC(=O)[C@H](C)N1C(=O)[C@@H]2[C@H](C1=O)[C@H]1C=C[C@H]2C1. The minimum absolute atomic E-state index is 0.134. The van der Waals surface area contributed by atoms with Crippen LogP contribution in [-0.4, -0.2) is 28.7 Å². The van der Waals surface area contributed by atoms with Gasteiger partial charge in [0.2, 0.25) is 17.7 Å². The second-order valence-corrected chi connectivity index (χ2v) is 8.55. The van der Waals surface area contributed by atoms with Crippen LogP contribution in [0.1, 0.15) is 18.9 Å². The van der Waals surface area contributed by atoms with E-state index in [1.54, 1.807) is 13.0 Å². The van der Waals surface area contributed by atoms with Gasteiger partial charge in [0, 0.05) is 10.2 Å². The fourth-order valence-corrected chi connectivity index (χ4v) is 5.06. The van der Waals surface area contributed by atoms with E-state index in [2.05, 4.69) is 21.2 Å². The molecule has 0 aromatic heterocycles. The molecule has 1 N–H and O–H groups in total. The van der Waals surface area contributed by atoms with Crippen LogP contribution in [0.15, 0.2) is 28.8 Å². The van der Waals surface area contributed by atoms with Crippen LogP contribution in [0.5, 0.6) is 0 Å². The van der Waals surface area contributed by atoms with Gasteiger partial charge in [-0.05, 0) is 65.7 Å². The highest BCUT2D eigenvalue weighted by atomic mass is 79.9. The van der Waals surface area contributed by atoms with E-state index < -0.39 is 11.9 Å². The molecule has 1 heterocycles. The van der Waals surface area contributed by atoms with Crippen molar-refractivity contribution in [2.45, 2.75) is 26.3 Å². The molecule has 1 aromatic rings. The standard InChI is InChI=1S/C19H18BrClN2O3/c1-8-5-12(20)13(21)7-14(8)22-17(24)9(2)23-18(25)15-10-3-4-11(6-10)16(15)19(23)26/h3-5,7,9-11,15-16H,6H2,1-2H3,(H,22,24)/t9-,10-,11-,15-,16+/m0/s1. The summed E-state index contributed by atoms with van der Waals surface area (Å²) < 4.78 is 0.739. The number of benzene rings is 1. The molecule has 0 spiro atoms. The Kier molecular flexibility index (Phi) is 4.23. The molecule has 3 amide bonds. The first-order chi connectivity index (χ1) is 12.3. The molecule has 2 aliphatic carbocycles. The van der Waals surface area contributed by atoms with E-state index in [4.69, 9.17) is 11.6 Å². The summed E-state index contributed by atoms with van der Waals surface area (Å²) in [5.41, 5.74) is 1.40. The quantitative estimate of drug-likeness (QED) is 0.581. The van der Waals surface area contributed by atoms with Crippen molar-refractivity contribution in [2.75, 3.05) is 5.32 Å². The Labute approximate surface area is 164 Å². The van der Waals surface area contributed by atoms with E-state index in [9.17, 15) is 14.4 Å². The Bertz CT molecular complexity index is 839. The van der Waals surface area contributed by atoms with Crippen LogP contribution >= 0.6 is 27.5 Å². The summed E-state index contributed by atoms with van der Waals surface area (Å²) in [6.07, 6.45) is 4.95. The Morgan fingerprint density at radius 1 is 1.23 bits per heavy atom. The average Bonchev–Trinajstić information content (AvgIpc) is 3.26. The number of hydrogen-bond acceptors (Lipinski definition) is 3. The molecule has 2 fully saturated rings. The van der Waals surface area contributed by atoms with Crippen molar-refractivity contribution < 1.29 is 14.4 Å². The molecular formula is C19H18BrClN2O3. The lowest BCUT2D eigenvalue weighted by Crippen LogP contribution is -2.46. The van der Waals surface area contributed by atoms with Gasteiger partial charge in [0.25, 0.3) is 0 Å². The van der Waals surface area contributed by atoms with Gasteiger partial charge in [0.05, 0.1) is 16.9 Å². The number of imide groups is 1. The number of carbonyl (C=O) groups excluding carboxylic acids is 3. The molecule has 2 bridgehead atoms. The smallest absolute Gasteiger partial charge is 0.247 e. The highest BCUT2D eigenvalue weighted by molar-refractivity contribution is 9.10. The first-order valence-electron chi connectivity index (χ1n) is 8.61. The molecule has 5 atom stereocenters. The van der Waals surface area contributed by atoms with Crippen LogP contribution in [0.3, 0.4) is 0 Å². The van der Waals surface area contributed by atoms with E-state index in [0.717, 1.165) is 21.4 Å². The average molecular weight is 438 g/mol. The van der Waals surface area contributed by atoms with Crippen molar-refractivity contribution in [3.63, 3.8) is 0 Å². The number of amides is 3. The van der Waals surface area contributed by atoms with Gasteiger partial charge in [-0.15, -0.1) is 0 Å². The van der Waals surface area contributed by atoms with Crippen LogP contribution < -0.4 is 5.32 Å². The van der Waals surface area contributed by atoms with Gasteiger partial charge in [-0.2, -0.15) is 0 Å². The van der Waals surface area contributed by atoms with Crippen molar-refractivity contribution in [1.29, 1.82) is 0 Å². The maximum atomic E-state index is 12.8. The first kappa shape index (κ1) is 17.7. The molecule has 7 heteroatoms. The highest BCUT2D eigenvalue weighted by Crippen LogP contribution is 2.52. The van der Waals surface area contributed by atoms with Crippen molar-refractivity contribution in [3.8, 4) is 0 Å². The fourth-order valence-electron chi connectivity index (χ4n) is 4.44. The lowest BCUT2D eigenvalue weighted by atomic mass is 9.85. The summed E-state index contributed by atoms with van der Waals surface area (Å²) in [7, 11) is 0. The molecule has 1 aromatic carbocycles. The van der Waals surface area contributed by atoms with Gasteiger partial charge in [-0.1, -0.05) is 23.8 Å². The molecule has 5 nitrogen and oxygen atoms in total. The normalized spacial score (nSPS) is 30.1. The number of aryl methyl sites for hydroxylation is 1. The largest absolute Gasteiger partial charge is 0.324 e. The highest BCUT2D eigenvalue weighted by Gasteiger charge is 2.60. The molecule has 1 saturated heterocycles. The molecule has 26 heavy (non-hydrogen) atoms. The molecule has 3 aliphatic rings. The summed E-state index contributed by atoms with van der Waals surface area (Å²) >= 11 is 9.44. The van der Waals surface area contributed by atoms with Crippen LogP contribution in [0.25, 0.3) is 0 Å². The van der Waals surface area contributed by atoms with Gasteiger partial charge in [0.15, 0.2) is 0 Å². The molecule has 1 saturated carbocycles. The van der Waals surface area contributed by atoms with E-state index >= 15 is 0 Å². The Hall–Kier alpha value is -1.66. The summed E-state index contributed by atoms with van der Waals surface area (Å²) in [6, 6.07) is 2.60. The monoisotopic (exact) mass is 436 g/mol. The van der Waals surface area contributed by atoms with Crippen LogP contribution in [-0.2, 0) is 14.4 Å². The lowest BCUT2D eigenvalue weighted by molar-refractivity contribution is -0.146. The fraction of sp³-hybridized carbons (Fsp3) is 0.421. The number of nitrogens with zero attached hydrogens (tertiary/aromatic N) is 1. The molecule has 0 radical (unpaired) electrons. The molecule has 0 unspecified atom stereocenters. The van der Waals surface area contributed by atoms with E-state index in [1.165, 1.54) is 0 Å². The van der Waals surface area contributed by atoms with Crippen LogP contribution in [0.4, 0.5) is 5.69 Å². The Morgan fingerprint density at radius 2 is 1.81 bits per heavy atom. The third-order valence-electron chi connectivity index (χ3n) is 5.80. The third kappa shape index (κ3) is 2.54. The number of carbonyl (C=O) groups is 3. The molecule has 1 aliphatic heterocycles. The molecule has 4 rings (SSSR count). The predicted molar refractivity (Wildman–Crippen MR) is 102 cm³/mol. The van der Waals surface area contributed by atoms with Crippen molar-refractivity contribution >= 4 is 50.9 Å². The van der Waals surface area contributed by atoms with Crippen molar-refractivity contribution in [2.24, 2.45) is 23.7 Å². The zero-order valence-electron chi connectivity index (χ0n) is 14.3. The number of likely N-dealkylation sites (tertiary alicyclic amines) is 1. The maximum Gasteiger partial charge on any atom is 0.247 e. The number of allylic oxidation sites excluding steroid dienone is 2. The van der Waals surface area contributed by atoms with Crippen molar-refractivity contribution in [1.82, 2.24) is 4.90 Å². The van der Waals surface area contributed by atoms with E-state index in [0.29, 0.717) is 10.7 Å². The number of fused-ring (bicyclic) bond motifs is 5. The predicted octanol–water partition coefficient (Wildman–Crippen LogP) is 3.55. The van der Waals surface area contributed by atoms with Crippen LogP contribution in [0, 0.1) is 30.6 Å². The second-order valence-electron chi connectivity index (χ2n) is 7.29. The van der Waals surface area contributed by atoms with Crippen LogP contribution in [0.2, 0.25) is 5.02 Å². The number of rotatable bonds is 3. The Morgan fingerprint density at radius 3 is 2.38 bits per heavy atom. The number of anilines is 1. The third-order valence-corrected chi connectivity index (χ3v) is 6.99. The second kappa shape index (κ2) is 6.20. The zero-order valence-corrected chi connectivity index (χ0v) is 16.7. The van der Waals surface area contributed by atoms with E-state index in [1.807, 2.05) is 25.1 Å². The number of hydrogen-bond donors (Lipinski definition) is 1. The first-order valence-corrected chi connectivity index (χ1v) is 9.78. The molecular weight excluding hydrogens is 420 g/mol. The summed E-state index contributed by atoms with van der Waals surface area (Å²) in [6.45, 7) is 3.44. The Balaban J connectivity index is 1.54. The van der Waals surface area contributed by atoms with Gasteiger partial charge in [0.1, 0.15) is 6.04 Å².